The van der Waals surface area contributed by atoms with Gasteiger partial charge in [0.2, 0.25) is 0 Å². The molecule has 0 fully saturated rings. The molecule has 0 aliphatic rings. The summed E-state index contributed by atoms with van der Waals surface area (Å²) >= 11 is 0. The minimum Gasteiger partial charge on any atom is -0.359 e. The summed E-state index contributed by atoms with van der Waals surface area (Å²) in [5, 5.41) is 6.33. The molecule has 1 aromatic heterocycles. The Morgan fingerprint density at radius 3 is 2.71 bits per heavy atom. The molecule has 0 aliphatic carbocycles. The lowest BCUT2D eigenvalue weighted by Crippen LogP contribution is -2.38. The molecule has 1 aromatic rings. The Labute approximate surface area is 104 Å². The maximum absolute atomic E-state index is 4.18. The van der Waals surface area contributed by atoms with Gasteiger partial charge in [0, 0.05) is 39.0 Å². The van der Waals surface area contributed by atoms with E-state index in [1.165, 1.54) is 5.56 Å². The summed E-state index contributed by atoms with van der Waals surface area (Å²) in [6.07, 6.45) is 3.75. The predicted molar refractivity (Wildman–Crippen MR) is 72.2 cm³/mol. The van der Waals surface area contributed by atoms with Gasteiger partial charge in [0.25, 0.3) is 0 Å². The summed E-state index contributed by atoms with van der Waals surface area (Å²) in [5.74, 6) is 1.81. The average molecular weight is 234 g/mol. The van der Waals surface area contributed by atoms with Crippen LogP contribution in [0.15, 0.2) is 29.5 Å². The molecule has 1 heterocycles. The van der Waals surface area contributed by atoms with Crippen molar-refractivity contribution in [3.05, 3.63) is 30.1 Å². The third-order valence-corrected chi connectivity index (χ3v) is 2.87. The molecule has 0 amide bonds. The van der Waals surface area contributed by atoms with Crippen LogP contribution in [-0.4, -0.2) is 31.6 Å². The third kappa shape index (κ3) is 4.06. The van der Waals surface area contributed by atoms with Gasteiger partial charge in [0.05, 0.1) is 0 Å². The summed E-state index contributed by atoms with van der Waals surface area (Å²) in [6, 6.07) is 4.11. The number of hydrogen-bond donors (Lipinski definition) is 2. The lowest BCUT2D eigenvalue weighted by atomic mass is 9.89. The molecule has 0 bridgehead atoms. The highest BCUT2D eigenvalue weighted by Crippen LogP contribution is 2.22. The van der Waals surface area contributed by atoms with E-state index in [0.29, 0.717) is 11.8 Å². The molecule has 1 unspecified atom stereocenters. The van der Waals surface area contributed by atoms with Crippen LogP contribution in [0.4, 0.5) is 0 Å². The molecule has 1 atom stereocenters. The topological polar surface area (TPSA) is 49.3 Å². The first kappa shape index (κ1) is 13.5. The van der Waals surface area contributed by atoms with Gasteiger partial charge in [-0.25, -0.2) is 0 Å². The van der Waals surface area contributed by atoms with E-state index >= 15 is 0 Å². The zero-order valence-electron chi connectivity index (χ0n) is 11.1. The zero-order valence-corrected chi connectivity index (χ0v) is 11.1. The van der Waals surface area contributed by atoms with Gasteiger partial charge >= 0.3 is 0 Å². The first-order valence-corrected chi connectivity index (χ1v) is 5.97. The van der Waals surface area contributed by atoms with Gasteiger partial charge in [0.15, 0.2) is 5.96 Å². The van der Waals surface area contributed by atoms with Crippen LogP contribution >= 0.6 is 0 Å². The smallest absolute Gasteiger partial charge is 0.190 e. The fourth-order valence-corrected chi connectivity index (χ4v) is 1.82. The van der Waals surface area contributed by atoms with E-state index in [9.17, 15) is 0 Å². The Morgan fingerprint density at radius 1 is 1.47 bits per heavy atom. The lowest BCUT2D eigenvalue weighted by molar-refractivity contribution is 0.487. The normalized spacial score (nSPS) is 13.6. The second kappa shape index (κ2) is 6.89. The van der Waals surface area contributed by atoms with Crippen molar-refractivity contribution in [3.63, 3.8) is 0 Å². The summed E-state index contributed by atoms with van der Waals surface area (Å²) in [5.41, 5.74) is 1.27. The van der Waals surface area contributed by atoms with Gasteiger partial charge in [-0.2, -0.15) is 0 Å². The third-order valence-electron chi connectivity index (χ3n) is 2.87. The van der Waals surface area contributed by atoms with Crippen molar-refractivity contribution in [1.29, 1.82) is 0 Å². The molecule has 1 rings (SSSR count). The molecule has 0 saturated carbocycles. The van der Waals surface area contributed by atoms with E-state index in [-0.39, 0.29) is 0 Å². The van der Waals surface area contributed by atoms with Gasteiger partial charge in [-0.15, -0.1) is 0 Å². The van der Waals surface area contributed by atoms with E-state index in [2.05, 4.69) is 40.5 Å². The zero-order chi connectivity index (χ0) is 12.7. The highest BCUT2D eigenvalue weighted by atomic mass is 15.1. The maximum atomic E-state index is 4.18. The summed E-state index contributed by atoms with van der Waals surface area (Å²) in [4.78, 5) is 8.29. The van der Waals surface area contributed by atoms with Crippen molar-refractivity contribution in [3.8, 4) is 0 Å². The molecule has 2 N–H and O–H groups in total. The Kier molecular flexibility index (Phi) is 5.46. The van der Waals surface area contributed by atoms with Gasteiger partial charge in [-0.05, 0) is 17.5 Å². The van der Waals surface area contributed by atoms with Crippen molar-refractivity contribution in [2.75, 3.05) is 20.6 Å². The highest BCUT2D eigenvalue weighted by molar-refractivity contribution is 5.79. The second-order valence-corrected chi connectivity index (χ2v) is 4.34. The molecule has 17 heavy (non-hydrogen) atoms. The second-order valence-electron chi connectivity index (χ2n) is 4.34. The van der Waals surface area contributed by atoms with Gasteiger partial charge < -0.3 is 10.6 Å². The number of guanidine groups is 1. The van der Waals surface area contributed by atoms with Crippen LogP contribution in [-0.2, 0) is 0 Å². The van der Waals surface area contributed by atoms with E-state index in [0.717, 1.165) is 12.5 Å². The number of aromatic nitrogens is 1. The number of hydrogen-bond acceptors (Lipinski definition) is 2. The SMILES string of the molecule is CN=C(NC)NCC(c1cccnc1)C(C)C. The van der Waals surface area contributed by atoms with Crippen LogP contribution in [0.5, 0.6) is 0 Å². The van der Waals surface area contributed by atoms with Gasteiger partial charge in [-0.1, -0.05) is 19.9 Å². The Balaban J connectivity index is 2.68. The first-order chi connectivity index (χ1) is 8.19. The predicted octanol–water partition coefficient (Wildman–Crippen LogP) is 1.62. The molecule has 0 radical (unpaired) electrons. The van der Waals surface area contributed by atoms with E-state index in [1.54, 1.807) is 13.2 Å². The first-order valence-electron chi connectivity index (χ1n) is 5.97. The largest absolute Gasteiger partial charge is 0.359 e. The van der Waals surface area contributed by atoms with Crippen molar-refractivity contribution in [2.45, 2.75) is 19.8 Å². The van der Waals surface area contributed by atoms with Crippen molar-refractivity contribution >= 4 is 5.96 Å². The molecule has 4 heteroatoms. The van der Waals surface area contributed by atoms with Crippen LogP contribution in [0.3, 0.4) is 0 Å². The summed E-state index contributed by atoms with van der Waals surface area (Å²) < 4.78 is 0. The van der Waals surface area contributed by atoms with Crippen LogP contribution in [0.25, 0.3) is 0 Å². The van der Waals surface area contributed by atoms with Crippen molar-refractivity contribution in [2.24, 2.45) is 10.9 Å². The minimum atomic E-state index is 0.439. The molecule has 0 aliphatic heterocycles. The number of pyridine rings is 1. The van der Waals surface area contributed by atoms with E-state index < -0.39 is 0 Å². The molecule has 0 saturated heterocycles. The van der Waals surface area contributed by atoms with E-state index in [1.807, 2.05) is 19.3 Å². The molecular weight excluding hydrogens is 212 g/mol. The van der Waals surface area contributed by atoms with Crippen LogP contribution in [0.1, 0.15) is 25.3 Å². The number of nitrogens with one attached hydrogen (secondary N) is 2. The number of aliphatic imine (C=N–C) groups is 1. The fraction of sp³-hybridized carbons (Fsp3) is 0.538. The lowest BCUT2D eigenvalue weighted by Gasteiger charge is -2.22. The fourth-order valence-electron chi connectivity index (χ4n) is 1.82. The Bertz CT molecular complexity index is 346. The maximum Gasteiger partial charge on any atom is 0.190 e. The minimum absolute atomic E-state index is 0.439. The van der Waals surface area contributed by atoms with Gasteiger partial charge in [-0.3, -0.25) is 9.98 Å². The quantitative estimate of drug-likeness (QED) is 0.615. The molecule has 94 valence electrons. The van der Waals surface area contributed by atoms with Crippen LogP contribution in [0, 0.1) is 5.92 Å². The van der Waals surface area contributed by atoms with Crippen LogP contribution < -0.4 is 10.6 Å². The molecular formula is C13H22N4. The van der Waals surface area contributed by atoms with Crippen molar-refractivity contribution < 1.29 is 0 Å². The van der Waals surface area contributed by atoms with Gasteiger partial charge in [0.1, 0.15) is 0 Å². The van der Waals surface area contributed by atoms with Crippen molar-refractivity contribution in [1.82, 2.24) is 15.6 Å². The monoisotopic (exact) mass is 234 g/mol. The standard InChI is InChI=1S/C13H22N4/c1-10(2)12(9-17-13(14-3)15-4)11-6-5-7-16-8-11/h5-8,10,12H,9H2,1-4H3,(H2,14,15,17). The molecule has 0 spiro atoms. The number of nitrogens with zero attached hydrogens (tertiary/aromatic N) is 2. The summed E-state index contributed by atoms with van der Waals surface area (Å²) in [7, 11) is 3.64. The van der Waals surface area contributed by atoms with Crippen LogP contribution in [0.2, 0.25) is 0 Å². The Hall–Kier alpha value is -1.58. The number of rotatable bonds is 4. The Morgan fingerprint density at radius 2 is 2.24 bits per heavy atom. The molecule has 4 nitrogen and oxygen atoms in total. The average Bonchev–Trinajstić information content (AvgIpc) is 2.35. The summed E-state index contributed by atoms with van der Waals surface area (Å²) in [6.45, 7) is 5.31. The van der Waals surface area contributed by atoms with E-state index in [4.69, 9.17) is 0 Å². The molecule has 0 aromatic carbocycles. The highest BCUT2D eigenvalue weighted by Gasteiger charge is 2.16.